The summed E-state index contributed by atoms with van der Waals surface area (Å²) in [5, 5.41) is 10.1. The third-order valence-electron chi connectivity index (χ3n) is 3.55. The van der Waals surface area contributed by atoms with E-state index in [1.807, 2.05) is 0 Å². The van der Waals surface area contributed by atoms with Crippen molar-refractivity contribution in [3.05, 3.63) is 35.4 Å². The Hall–Kier alpha value is -2.41. The van der Waals surface area contributed by atoms with Crippen LogP contribution in [0.3, 0.4) is 0 Å². The van der Waals surface area contributed by atoms with Gasteiger partial charge in [-0.15, -0.1) is 0 Å². The van der Waals surface area contributed by atoms with Crippen molar-refractivity contribution in [2.45, 2.75) is 19.0 Å². The van der Waals surface area contributed by atoms with E-state index in [4.69, 9.17) is 16.9 Å². The molecule has 0 saturated carbocycles. The standard InChI is InChI=1S/C14H19N5O2/c15-7-12(20)19-6-5-11(19)14(21)18-8-9-1-3-10(4-2-9)13(16)17/h1-4,11H,5-8,15H2,(H3,16,17)(H,18,21). The fourth-order valence-corrected chi connectivity index (χ4v) is 2.18. The average molecular weight is 289 g/mol. The van der Waals surface area contributed by atoms with Crippen LogP contribution in [0.2, 0.25) is 0 Å². The molecule has 2 amide bonds. The molecule has 1 aromatic carbocycles. The monoisotopic (exact) mass is 289 g/mol. The molecule has 1 heterocycles. The third kappa shape index (κ3) is 3.38. The third-order valence-corrected chi connectivity index (χ3v) is 3.55. The molecule has 0 spiro atoms. The van der Waals surface area contributed by atoms with Gasteiger partial charge in [0, 0.05) is 18.7 Å². The molecule has 1 fully saturated rings. The SMILES string of the molecule is N=C(N)c1ccc(CNC(=O)C2CCN2C(=O)CN)cc1. The van der Waals surface area contributed by atoms with Crippen molar-refractivity contribution in [2.75, 3.05) is 13.1 Å². The minimum absolute atomic E-state index is 0.0102. The van der Waals surface area contributed by atoms with Crippen LogP contribution in [0.5, 0.6) is 0 Å². The Morgan fingerprint density at radius 1 is 1.33 bits per heavy atom. The number of nitrogens with two attached hydrogens (primary N) is 2. The number of hydrogen-bond donors (Lipinski definition) is 4. The van der Waals surface area contributed by atoms with Gasteiger partial charge in [0.25, 0.3) is 0 Å². The first-order valence-electron chi connectivity index (χ1n) is 6.73. The van der Waals surface area contributed by atoms with Crippen molar-refractivity contribution < 1.29 is 9.59 Å². The summed E-state index contributed by atoms with van der Waals surface area (Å²) >= 11 is 0. The summed E-state index contributed by atoms with van der Waals surface area (Å²) in [4.78, 5) is 25.0. The first kappa shape index (κ1) is 15.0. The molecule has 21 heavy (non-hydrogen) atoms. The molecule has 7 nitrogen and oxygen atoms in total. The van der Waals surface area contributed by atoms with Crippen LogP contribution in [0.4, 0.5) is 0 Å². The van der Waals surface area contributed by atoms with Crippen LogP contribution in [0.1, 0.15) is 17.5 Å². The summed E-state index contributed by atoms with van der Waals surface area (Å²) in [7, 11) is 0. The van der Waals surface area contributed by atoms with Crippen molar-refractivity contribution in [1.82, 2.24) is 10.2 Å². The fourth-order valence-electron chi connectivity index (χ4n) is 2.18. The van der Waals surface area contributed by atoms with Gasteiger partial charge in [0.05, 0.1) is 6.54 Å². The van der Waals surface area contributed by atoms with Crippen LogP contribution in [0, 0.1) is 5.41 Å². The molecule has 1 aliphatic rings. The molecule has 7 heteroatoms. The number of carbonyl (C=O) groups excluding carboxylic acids is 2. The van der Waals surface area contributed by atoms with E-state index in [1.54, 1.807) is 24.3 Å². The largest absolute Gasteiger partial charge is 0.384 e. The Morgan fingerprint density at radius 2 is 2.00 bits per heavy atom. The van der Waals surface area contributed by atoms with Gasteiger partial charge in [-0.3, -0.25) is 15.0 Å². The number of amidine groups is 1. The van der Waals surface area contributed by atoms with Gasteiger partial charge < -0.3 is 21.7 Å². The van der Waals surface area contributed by atoms with Gasteiger partial charge >= 0.3 is 0 Å². The summed E-state index contributed by atoms with van der Waals surface area (Å²) in [5.74, 6) is -0.359. The molecule has 1 aliphatic heterocycles. The zero-order valence-electron chi connectivity index (χ0n) is 11.6. The van der Waals surface area contributed by atoms with E-state index in [-0.39, 0.29) is 24.2 Å². The fraction of sp³-hybridized carbons (Fsp3) is 0.357. The maximum Gasteiger partial charge on any atom is 0.243 e. The molecule has 1 saturated heterocycles. The highest BCUT2D eigenvalue weighted by Gasteiger charge is 2.36. The lowest BCUT2D eigenvalue weighted by atomic mass is 10.0. The van der Waals surface area contributed by atoms with Crippen LogP contribution in [-0.2, 0) is 16.1 Å². The summed E-state index contributed by atoms with van der Waals surface area (Å²) in [6, 6.07) is 6.67. The quantitative estimate of drug-likeness (QED) is 0.416. The summed E-state index contributed by atoms with van der Waals surface area (Å²) in [6.07, 6.45) is 0.668. The highest BCUT2D eigenvalue weighted by Crippen LogP contribution is 2.17. The second-order valence-corrected chi connectivity index (χ2v) is 4.92. The number of nitrogens with one attached hydrogen (secondary N) is 2. The summed E-state index contributed by atoms with van der Waals surface area (Å²) in [5.41, 5.74) is 12.2. The molecule has 2 rings (SSSR count). The molecule has 0 radical (unpaired) electrons. The van der Waals surface area contributed by atoms with Crippen molar-refractivity contribution >= 4 is 17.6 Å². The van der Waals surface area contributed by atoms with Crippen LogP contribution >= 0.6 is 0 Å². The molecule has 1 atom stereocenters. The van der Waals surface area contributed by atoms with E-state index >= 15 is 0 Å². The Labute approximate surface area is 122 Å². The zero-order valence-corrected chi connectivity index (χ0v) is 11.6. The average Bonchev–Trinajstić information content (AvgIpc) is 2.44. The van der Waals surface area contributed by atoms with E-state index < -0.39 is 6.04 Å². The molecule has 0 aliphatic carbocycles. The molecule has 112 valence electrons. The van der Waals surface area contributed by atoms with Crippen molar-refractivity contribution in [2.24, 2.45) is 11.5 Å². The van der Waals surface area contributed by atoms with Crippen molar-refractivity contribution in [1.29, 1.82) is 5.41 Å². The smallest absolute Gasteiger partial charge is 0.243 e. The molecule has 1 unspecified atom stereocenters. The maximum absolute atomic E-state index is 12.0. The number of nitrogens with zero attached hydrogens (tertiary/aromatic N) is 1. The molecular weight excluding hydrogens is 270 g/mol. The second-order valence-electron chi connectivity index (χ2n) is 4.92. The zero-order chi connectivity index (χ0) is 15.4. The summed E-state index contributed by atoms with van der Waals surface area (Å²) in [6.45, 7) is 0.885. The first-order chi connectivity index (χ1) is 10.0. The van der Waals surface area contributed by atoms with Crippen LogP contribution < -0.4 is 16.8 Å². The van der Waals surface area contributed by atoms with Gasteiger partial charge in [0.15, 0.2) is 0 Å². The first-order valence-corrected chi connectivity index (χ1v) is 6.73. The molecule has 6 N–H and O–H groups in total. The molecule has 1 aromatic rings. The minimum Gasteiger partial charge on any atom is -0.384 e. The van der Waals surface area contributed by atoms with E-state index in [1.165, 1.54) is 4.90 Å². The number of benzene rings is 1. The Kier molecular flexibility index (Phi) is 4.54. The normalized spacial score (nSPS) is 17.0. The van der Waals surface area contributed by atoms with Gasteiger partial charge in [-0.1, -0.05) is 24.3 Å². The van der Waals surface area contributed by atoms with Gasteiger partial charge in [-0.05, 0) is 12.0 Å². The topological polar surface area (TPSA) is 125 Å². The number of nitrogen functional groups attached to an aromatic ring is 1. The van der Waals surface area contributed by atoms with Gasteiger partial charge in [-0.25, -0.2) is 0 Å². The van der Waals surface area contributed by atoms with Crippen LogP contribution in [-0.4, -0.2) is 41.7 Å². The number of amides is 2. The van der Waals surface area contributed by atoms with Gasteiger partial charge in [0.2, 0.25) is 11.8 Å². The van der Waals surface area contributed by atoms with Gasteiger partial charge in [-0.2, -0.15) is 0 Å². The lowest BCUT2D eigenvalue weighted by molar-refractivity contribution is -0.146. The second kappa shape index (κ2) is 6.36. The lowest BCUT2D eigenvalue weighted by Crippen LogP contribution is -2.59. The maximum atomic E-state index is 12.0. The summed E-state index contributed by atoms with van der Waals surface area (Å²) < 4.78 is 0. The van der Waals surface area contributed by atoms with E-state index in [0.717, 1.165) is 5.56 Å². The van der Waals surface area contributed by atoms with E-state index in [0.29, 0.717) is 25.1 Å². The lowest BCUT2D eigenvalue weighted by Gasteiger charge is -2.39. The Balaban J connectivity index is 1.86. The number of likely N-dealkylation sites (tertiary alicyclic amines) is 1. The van der Waals surface area contributed by atoms with Gasteiger partial charge in [0.1, 0.15) is 11.9 Å². The number of hydrogen-bond acceptors (Lipinski definition) is 4. The van der Waals surface area contributed by atoms with E-state index in [2.05, 4.69) is 5.32 Å². The van der Waals surface area contributed by atoms with Crippen LogP contribution in [0.15, 0.2) is 24.3 Å². The Bertz CT molecular complexity index is 555. The molecule has 0 bridgehead atoms. The highest BCUT2D eigenvalue weighted by molar-refractivity contribution is 5.95. The number of carbonyl (C=O) groups is 2. The Morgan fingerprint density at radius 3 is 2.48 bits per heavy atom. The van der Waals surface area contributed by atoms with E-state index in [9.17, 15) is 9.59 Å². The molecule has 0 aromatic heterocycles. The minimum atomic E-state index is -0.405. The predicted octanol–water partition coefficient (Wildman–Crippen LogP) is -0.854. The molecular formula is C14H19N5O2. The number of rotatable bonds is 5. The van der Waals surface area contributed by atoms with Crippen LogP contribution in [0.25, 0.3) is 0 Å². The highest BCUT2D eigenvalue weighted by atomic mass is 16.2. The van der Waals surface area contributed by atoms with Crippen molar-refractivity contribution in [3.63, 3.8) is 0 Å². The van der Waals surface area contributed by atoms with Crippen molar-refractivity contribution in [3.8, 4) is 0 Å². The predicted molar refractivity (Wildman–Crippen MR) is 78.5 cm³/mol.